The first-order valence-corrected chi connectivity index (χ1v) is 16.9. The highest BCUT2D eigenvalue weighted by Crippen LogP contribution is 2.43. The van der Waals surface area contributed by atoms with Crippen molar-refractivity contribution in [1.29, 1.82) is 0 Å². The molecule has 0 bridgehead atoms. The minimum atomic E-state index is -1.28. The number of carbonyl (C=O) groups excluding carboxylic acids is 5. The van der Waals surface area contributed by atoms with Crippen LogP contribution < -0.4 is 15.4 Å². The van der Waals surface area contributed by atoms with Crippen LogP contribution in [0, 0.1) is 11.8 Å². The van der Waals surface area contributed by atoms with E-state index < -0.39 is 35.8 Å². The molecule has 2 aromatic carbocycles. The molecule has 7 rings (SSSR count). The van der Waals surface area contributed by atoms with Gasteiger partial charge in [-0.25, -0.2) is 0 Å². The molecule has 2 saturated carbocycles. The maximum atomic E-state index is 14.2. The standard InChI is InChI=1S/C36H41N5O7/c1-47-29-12-6-11-26-25(29)17-27(38-26)35(45)41-18-22-9-5-10-24(22)31(41)33(43)39-28(32(42)34(44)37-23-13-14-23)19-40-16-15-30(36(40)46)48-20-21-7-3-2-4-8-21/h2-4,6-8,11-12,17,22-24,28,30-31,38H,5,9-10,13-16,18-20H2,1H3,(H,37,44)(H,39,43)/t22-,24-,28-,30-,31-/m0/s1. The number of hydrogen-bond acceptors (Lipinski definition) is 7. The van der Waals surface area contributed by atoms with Gasteiger partial charge in [-0.3, -0.25) is 24.0 Å². The SMILES string of the molecule is COc1cccc2[nH]c(C(=O)N3C[C@@H]4CCC[C@@H]4[C@H]3C(=O)N[C@@H](CN3CC[C@H](OCc4ccccc4)C3=O)C(=O)C(=O)NC3CC3)cc12. The number of aromatic nitrogens is 1. The number of aromatic amines is 1. The molecule has 4 fully saturated rings. The second kappa shape index (κ2) is 13.4. The molecule has 12 nitrogen and oxygen atoms in total. The van der Waals surface area contributed by atoms with Crippen LogP contribution in [-0.2, 0) is 30.5 Å². The van der Waals surface area contributed by atoms with Crippen molar-refractivity contribution in [3.05, 3.63) is 65.9 Å². The van der Waals surface area contributed by atoms with Crippen LogP contribution in [-0.4, -0.2) is 95.2 Å². The van der Waals surface area contributed by atoms with E-state index in [0.717, 1.165) is 48.6 Å². The van der Waals surface area contributed by atoms with Crippen molar-refractivity contribution in [3.8, 4) is 5.75 Å². The quantitative estimate of drug-likeness (QED) is 0.254. The molecule has 2 saturated heterocycles. The van der Waals surface area contributed by atoms with Gasteiger partial charge in [0.05, 0.1) is 13.7 Å². The lowest BCUT2D eigenvalue weighted by molar-refractivity contribution is -0.143. The number of ether oxygens (including phenoxy) is 2. The summed E-state index contributed by atoms with van der Waals surface area (Å²) in [5.74, 6) is -1.98. The number of methoxy groups -OCH3 is 1. The van der Waals surface area contributed by atoms with Gasteiger partial charge in [0.2, 0.25) is 11.7 Å². The molecule has 2 aliphatic heterocycles. The molecule has 0 radical (unpaired) electrons. The van der Waals surface area contributed by atoms with E-state index in [-0.39, 0.29) is 42.8 Å². The highest BCUT2D eigenvalue weighted by molar-refractivity contribution is 6.38. The summed E-state index contributed by atoms with van der Waals surface area (Å²) in [5, 5.41) is 6.32. The summed E-state index contributed by atoms with van der Waals surface area (Å²) in [7, 11) is 1.57. The molecule has 2 aliphatic carbocycles. The molecule has 0 unspecified atom stereocenters. The van der Waals surface area contributed by atoms with Gasteiger partial charge < -0.3 is 34.9 Å². The second-order valence-corrected chi connectivity index (χ2v) is 13.4. The van der Waals surface area contributed by atoms with E-state index in [1.807, 2.05) is 48.5 Å². The molecule has 3 N–H and O–H groups in total. The first kappa shape index (κ1) is 31.9. The number of ketones is 1. The van der Waals surface area contributed by atoms with Crippen molar-refractivity contribution < 1.29 is 33.4 Å². The number of carbonyl (C=O) groups is 5. The molecule has 4 aliphatic rings. The van der Waals surface area contributed by atoms with Gasteiger partial charge in [-0.2, -0.15) is 0 Å². The number of benzene rings is 2. The highest BCUT2D eigenvalue weighted by atomic mass is 16.5. The third-order valence-electron chi connectivity index (χ3n) is 10.2. The third kappa shape index (κ3) is 6.41. The number of amides is 4. The normalized spacial score (nSPS) is 24.1. The Balaban J connectivity index is 1.09. The van der Waals surface area contributed by atoms with Gasteiger partial charge in [-0.1, -0.05) is 42.8 Å². The van der Waals surface area contributed by atoms with Crippen LogP contribution in [0.2, 0.25) is 0 Å². The van der Waals surface area contributed by atoms with Crippen LogP contribution in [0.25, 0.3) is 10.9 Å². The molecular formula is C36H41N5O7. The number of H-pyrrole nitrogens is 1. The summed E-state index contributed by atoms with van der Waals surface area (Å²) in [4.78, 5) is 74.4. The maximum Gasteiger partial charge on any atom is 0.289 e. The summed E-state index contributed by atoms with van der Waals surface area (Å²) in [6.45, 7) is 0.846. The molecule has 5 atom stereocenters. The topological polar surface area (TPSA) is 150 Å². The van der Waals surface area contributed by atoms with Gasteiger partial charge in [0.25, 0.3) is 17.7 Å². The first-order valence-electron chi connectivity index (χ1n) is 16.9. The zero-order valence-electron chi connectivity index (χ0n) is 27.0. The van der Waals surface area contributed by atoms with Crippen LogP contribution in [0.4, 0.5) is 0 Å². The van der Waals surface area contributed by atoms with Crippen molar-refractivity contribution in [1.82, 2.24) is 25.4 Å². The monoisotopic (exact) mass is 655 g/mol. The summed E-state index contributed by atoms with van der Waals surface area (Å²) in [6, 6.07) is 14.6. The lowest BCUT2D eigenvalue weighted by Crippen LogP contribution is -2.58. The molecule has 48 heavy (non-hydrogen) atoms. The van der Waals surface area contributed by atoms with Gasteiger partial charge in [0.1, 0.15) is 29.6 Å². The van der Waals surface area contributed by atoms with Gasteiger partial charge in [0.15, 0.2) is 0 Å². The van der Waals surface area contributed by atoms with Crippen molar-refractivity contribution in [2.45, 2.75) is 69.4 Å². The second-order valence-electron chi connectivity index (χ2n) is 13.4. The minimum absolute atomic E-state index is 0.0564. The molecule has 4 amide bonds. The molecule has 3 aromatic rings. The molecule has 1 aromatic heterocycles. The van der Waals surface area contributed by atoms with Crippen LogP contribution in [0.3, 0.4) is 0 Å². The fourth-order valence-corrected chi connectivity index (χ4v) is 7.56. The number of hydrogen-bond donors (Lipinski definition) is 3. The average molecular weight is 656 g/mol. The average Bonchev–Trinajstić information content (AvgIpc) is 3.40. The smallest absolute Gasteiger partial charge is 0.289 e. The number of Topliss-reactive ketones (excluding diaryl/α,β-unsaturated/α-hetero) is 1. The van der Waals surface area contributed by atoms with Crippen LogP contribution in [0.1, 0.15) is 54.6 Å². The Kier molecular flexibility index (Phi) is 8.91. The number of nitrogens with one attached hydrogen (secondary N) is 3. The van der Waals surface area contributed by atoms with E-state index in [9.17, 15) is 24.0 Å². The Morgan fingerprint density at radius 2 is 1.81 bits per heavy atom. The fourth-order valence-electron chi connectivity index (χ4n) is 7.56. The molecular weight excluding hydrogens is 614 g/mol. The Morgan fingerprint density at radius 3 is 2.58 bits per heavy atom. The molecule has 252 valence electrons. The Morgan fingerprint density at radius 1 is 1.00 bits per heavy atom. The van der Waals surface area contributed by atoms with Crippen LogP contribution in [0.5, 0.6) is 5.75 Å². The molecule has 12 heteroatoms. The number of nitrogens with zero attached hydrogens (tertiary/aromatic N) is 2. The third-order valence-corrected chi connectivity index (χ3v) is 10.2. The zero-order chi connectivity index (χ0) is 33.4. The Bertz CT molecular complexity index is 1720. The van der Waals surface area contributed by atoms with E-state index in [1.165, 1.54) is 4.90 Å². The van der Waals surface area contributed by atoms with Crippen molar-refractivity contribution in [2.75, 3.05) is 26.7 Å². The van der Waals surface area contributed by atoms with Crippen molar-refractivity contribution in [2.24, 2.45) is 11.8 Å². The number of rotatable bonds is 12. The summed E-state index contributed by atoms with van der Waals surface area (Å²) >= 11 is 0. The lowest BCUT2D eigenvalue weighted by Gasteiger charge is -2.30. The highest BCUT2D eigenvalue weighted by Gasteiger charge is 2.50. The lowest BCUT2D eigenvalue weighted by atomic mass is 9.93. The van der Waals surface area contributed by atoms with Gasteiger partial charge in [-0.05, 0) is 61.3 Å². The van der Waals surface area contributed by atoms with Crippen LogP contribution in [0.15, 0.2) is 54.6 Å². The van der Waals surface area contributed by atoms with Gasteiger partial charge in [0, 0.05) is 43.0 Å². The largest absolute Gasteiger partial charge is 0.496 e. The van der Waals surface area contributed by atoms with Crippen molar-refractivity contribution >= 4 is 40.3 Å². The Labute approximate surface area is 278 Å². The minimum Gasteiger partial charge on any atom is -0.496 e. The fraction of sp³-hybridized carbons (Fsp3) is 0.472. The van der Waals surface area contributed by atoms with Gasteiger partial charge >= 0.3 is 0 Å². The van der Waals surface area contributed by atoms with Crippen molar-refractivity contribution in [3.63, 3.8) is 0 Å². The van der Waals surface area contributed by atoms with E-state index in [1.54, 1.807) is 18.1 Å². The van der Waals surface area contributed by atoms with E-state index >= 15 is 0 Å². The predicted octanol–water partition coefficient (Wildman–Crippen LogP) is 2.57. The zero-order valence-corrected chi connectivity index (χ0v) is 27.0. The molecule has 3 heterocycles. The number of fused-ring (bicyclic) bond motifs is 2. The molecule has 0 spiro atoms. The van der Waals surface area contributed by atoms with Gasteiger partial charge in [-0.15, -0.1) is 0 Å². The summed E-state index contributed by atoms with van der Waals surface area (Å²) in [5.41, 5.74) is 2.02. The van der Waals surface area contributed by atoms with E-state index in [4.69, 9.17) is 9.47 Å². The maximum absolute atomic E-state index is 14.2. The number of likely N-dealkylation sites (tertiary alicyclic amines) is 2. The summed E-state index contributed by atoms with van der Waals surface area (Å²) < 4.78 is 11.4. The Hall–Kier alpha value is -4.71. The predicted molar refractivity (Wildman–Crippen MR) is 175 cm³/mol. The summed E-state index contributed by atoms with van der Waals surface area (Å²) in [6.07, 6.45) is 3.96. The van der Waals surface area contributed by atoms with E-state index in [2.05, 4.69) is 15.6 Å². The van der Waals surface area contributed by atoms with Crippen LogP contribution >= 0.6 is 0 Å². The first-order chi connectivity index (χ1) is 23.3. The van der Waals surface area contributed by atoms with E-state index in [0.29, 0.717) is 31.0 Å².